The van der Waals surface area contributed by atoms with Crippen molar-refractivity contribution in [2.75, 3.05) is 5.32 Å². The van der Waals surface area contributed by atoms with E-state index >= 15 is 0 Å². The van der Waals surface area contributed by atoms with Crippen LogP contribution in [-0.2, 0) is 0 Å². The fourth-order valence-corrected chi connectivity index (χ4v) is 4.57. The topological polar surface area (TPSA) is 38.1 Å². The van der Waals surface area contributed by atoms with E-state index in [0.29, 0.717) is 5.89 Å². The maximum absolute atomic E-state index is 5.76. The van der Waals surface area contributed by atoms with Crippen LogP contribution >= 0.6 is 39.0 Å². The van der Waals surface area contributed by atoms with Gasteiger partial charge in [0.2, 0.25) is 5.89 Å². The standard InChI is InChI=1S/C17H13BrN2OS2/c1-9(5-15-20-17-13(21-15)7-10(2)22-17)6-16-19-12-8-11(18)3-4-14(12)23-16/h3-8,19H,1-2H3/b9-5+,16-6?. The molecule has 0 radical (unpaired) electrons. The first-order chi connectivity index (χ1) is 11.1. The molecule has 3 aromatic rings. The van der Waals surface area contributed by atoms with Crippen molar-refractivity contribution in [3.8, 4) is 0 Å². The molecule has 0 aliphatic carbocycles. The highest BCUT2D eigenvalue weighted by molar-refractivity contribution is 9.10. The number of rotatable bonds is 2. The number of nitrogens with zero attached hydrogens (tertiary/aromatic N) is 1. The van der Waals surface area contributed by atoms with Gasteiger partial charge in [-0.2, -0.15) is 4.98 Å². The minimum Gasteiger partial charge on any atom is -0.436 e. The first-order valence-electron chi connectivity index (χ1n) is 7.08. The van der Waals surface area contributed by atoms with Gasteiger partial charge >= 0.3 is 0 Å². The number of anilines is 1. The molecule has 0 bridgehead atoms. The van der Waals surface area contributed by atoms with Crippen LogP contribution in [-0.4, -0.2) is 4.98 Å². The number of oxazole rings is 1. The lowest BCUT2D eigenvalue weighted by Crippen LogP contribution is -1.88. The van der Waals surface area contributed by atoms with Gasteiger partial charge in [-0.15, -0.1) is 11.3 Å². The second-order valence-corrected chi connectivity index (χ2v) is 8.58. The van der Waals surface area contributed by atoms with Crippen molar-refractivity contribution in [3.05, 3.63) is 56.2 Å². The minimum absolute atomic E-state index is 0.656. The van der Waals surface area contributed by atoms with Crippen molar-refractivity contribution < 1.29 is 4.42 Å². The Balaban J connectivity index is 1.57. The molecule has 3 nitrogen and oxygen atoms in total. The van der Waals surface area contributed by atoms with Crippen LogP contribution in [0.2, 0.25) is 0 Å². The van der Waals surface area contributed by atoms with Crippen LogP contribution in [0.5, 0.6) is 0 Å². The molecule has 0 saturated heterocycles. The molecule has 1 N–H and O–H groups in total. The number of aromatic nitrogens is 1. The average Bonchev–Trinajstić information content (AvgIpc) is 3.10. The van der Waals surface area contributed by atoms with Gasteiger partial charge in [-0.05, 0) is 49.8 Å². The largest absolute Gasteiger partial charge is 0.436 e. The molecular weight excluding hydrogens is 392 g/mol. The highest BCUT2D eigenvalue weighted by atomic mass is 79.9. The van der Waals surface area contributed by atoms with Crippen LogP contribution < -0.4 is 5.32 Å². The maximum Gasteiger partial charge on any atom is 0.221 e. The summed E-state index contributed by atoms with van der Waals surface area (Å²) in [6.45, 7) is 4.11. The number of aryl methyl sites for hydroxylation is 1. The fourth-order valence-electron chi connectivity index (χ4n) is 2.40. The molecule has 3 heterocycles. The molecule has 23 heavy (non-hydrogen) atoms. The smallest absolute Gasteiger partial charge is 0.221 e. The van der Waals surface area contributed by atoms with Crippen molar-refractivity contribution in [1.29, 1.82) is 0 Å². The van der Waals surface area contributed by atoms with Gasteiger partial charge < -0.3 is 9.73 Å². The fraction of sp³-hybridized carbons (Fsp3) is 0.118. The lowest BCUT2D eigenvalue weighted by molar-refractivity contribution is 0.589. The lowest BCUT2D eigenvalue weighted by atomic mass is 10.2. The summed E-state index contributed by atoms with van der Waals surface area (Å²) in [7, 11) is 0. The zero-order chi connectivity index (χ0) is 16.0. The third-order valence-electron chi connectivity index (χ3n) is 3.36. The van der Waals surface area contributed by atoms with Crippen molar-refractivity contribution in [3.63, 3.8) is 0 Å². The molecule has 1 aliphatic rings. The van der Waals surface area contributed by atoms with Crippen LogP contribution in [0.15, 0.2) is 54.7 Å². The Labute approximate surface area is 150 Å². The molecule has 116 valence electrons. The van der Waals surface area contributed by atoms with Gasteiger partial charge in [0.15, 0.2) is 10.4 Å². The zero-order valence-corrected chi connectivity index (χ0v) is 15.7. The molecule has 0 saturated carbocycles. The highest BCUT2D eigenvalue weighted by Gasteiger charge is 2.15. The summed E-state index contributed by atoms with van der Waals surface area (Å²) in [6, 6.07) is 8.29. The molecule has 6 heteroatoms. The summed E-state index contributed by atoms with van der Waals surface area (Å²) in [5.41, 5.74) is 3.10. The highest BCUT2D eigenvalue weighted by Crippen LogP contribution is 2.42. The number of thioether (sulfide) groups is 1. The maximum atomic E-state index is 5.76. The average molecular weight is 405 g/mol. The number of benzene rings is 1. The van der Waals surface area contributed by atoms with Crippen molar-refractivity contribution in [1.82, 2.24) is 4.98 Å². The van der Waals surface area contributed by atoms with Crippen LogP contribution in [0.4, 0.5) is 5.69 Å². The van der Waals surface area contributed by atoms with E-state index in [4.69, 9.17) is 4.42 Å². The quantitative estimate of drug-likeness (QED) is 0.534. The third-order valence-corrected chi connectivity index (χ3v) is 5.79. The van der Waals surface area contributed by atoms with E-state index in [9.17, 15) is 0 Å². The molecule has 1 aromatic carbocycles. The Bertz CT molecular complexity index is 937. The Morgan fingerprint density at radius 3 is 3.04 bits per heavy atom. The summed E-state index contributed by atoms with van der Waals surface area (Å²) < 4.78 is 6.84. The molecule has 2 aromatic heterocycles. The van der Waals surface area contributed by atoms with E-state index in [-0.39, 0.29) is 0 Å². The molecule has 0 amide bonds. The molecule has 0 unspecified atom stereocenters. The number of allylic oxidation sites excluding steroid dienone is 2. The molecule has 4 rings (SSSR count). The van der Waals surface area contributed by atoms with E-state index < -0.39 is 0 Å². The van der Waals surface area contributed by atoms with Crippen LogP contribution in [0.25, 0.3) is 16.5 Å². The number of halogens is 1. The van der Waals surface area contributed by atoms with E-state index in [1.165, 1.54) is 9.77 Å². The zero-order valence-electron chi connectivity index (χ0n) is 12.5. The summed E-state index contributed by atoms with van der Waals surface area (Å²) in [5, 5.41) is 4.53. The summed E-state index contributed by atoms with van der Waals surface area (Å²) >= 11 is 6.89. The second kappa shape index (κ2) is 5.85. The lowest BCUT2D eigenvalue weighted by Gasteiger charge is -1.99. The predicted octanol–water partition coefficient (Wildman–Crippen LogP) is 6.42. The molecule has 0 atom stereocenters. The van der Waals surface area contributed by atoms with Gasteiger partial charge in [0.1, 0.15) is 0 Å². The van der Waals surface area contributed by atoms with E-state index in [2.05, 4.69) is 64.4 Å². The van der Waals surface area contributed by atoms with Gasteiger partial charge in [-0.25, -0.2) is 0 Å². The number of thiophene rings is 1. The Morgan fingerprint density at radius 1 is 1.35 bits per heavy atom. The number of nitrogens with one attached hydrogen (secondary N) is 1. The first kappa shape index (κ1) is 15.1. The van der Waals surface area contributed by atoms with Gasteiger partial charge in [0.05, 0.1) is 10.7 Å². The third kappa shape index (κ3) is 3.11. The Morgan fingerprint density at radius 2 is 2.22 bits per heavy atom. The SMILES string of the molecule is C/C(C=C1Nc2cc(Br)ccc2S1)=C\c1nc2sc(C)cc2o1. The van der Waals surface area contributed by atoms with E-state index in [1.54, 1.807) is 23.1 Å². The van der Waals surface area contributed by atoms with Crippen molar-refractivity contribution >= 4 is 61.2 Å². The Hall–Kier alpha value is -1.50. The molecule has 0 fully saturated rings. The molecule has 1 aliphatic heterocycles. The predicted molar refractivity (Wildman–Crippen MR) is 102 cm³/mol. The molecular formula is C17H13BrN2OS2. The van der Waals surface area contributed by atoms with Crippen LogP contribution in [0.3, 0.4) is 0 Å². The van der Waals surface area contributed by atoms with Gasteiger partial charge in [0, 0.05) is 20.3 Å². The molecule has 0 spiro atoms. The minimum atomic E-state index is 0.656. The monoisotopic (exact) mass is 404 g/mol. The number of hydrogen-bond acceptors (Lipinski definition) is 5. The summed E-state index contributed by atoms with van der Waals surface area (Å²) in [6.07, 6.45) is 4.08. The number of fused-ring (bicyclic) bond motifs is 2. The summed E-state index contributed by atoms with van der Waals surface area (Å²) in [5.74, 6) is 0.656. The van der Waals surface area contributed by atoms with E-state index in [1.807, 2.05) is 12.1 Å². The van der Waals surface area contributed by atoms with Crippen LogP contribution in [0.1, 0.15) is 17.7 Å². The first-order valence-corrected chi connectivity index (χ1v) is 9.51. The van der Waals surface area contributed by atoms with Crippen molar-refractivity contribution in [2.24, 2.45) is 0 Å². The van der Waals surface area contributed by atoms with E-state index in [0.717, 1.165) is 31.2 Å². The normalized spacial score (nSPS) is 16.1. The number of hydrogen-bond donors (Lipinski definition) is 1. The Kier molecular flexibility index (Phi) is 3.83. The van der Waals surface area contributed by atoms with Crippen molar-refractivity contribution in [2.45, 2.75) is 18.7 Å². The van der Waals surface area contributed by atoms with Gasteiger partial charge in [0.25, 0.3) is 0 Å². The van der Waals surface area contributed by atoms with Gasteiger partial charge in [-0.1, -0.05) is 27.7 Å². The van der Waals surface area contributed by atoms with Crippen LogP contribution in [0, 0.1) is 6.92 Å². The van der Waals surface area contributed by atoms with Gasteiger partial charge in [-0.3, -0.25) is 0 Å². The summed E-state index contributed by atoms with van der Waals surface area (Å²) in [4.78, 5) is 7.92. The second-order valence-electron chi connectivity index (χ2n) is 5.34.